The number of benzene rings is 1. The molecule has 2 N–H and O–H groups in total. The number of nitrogens with zero attached hydrogens (tertiary/aromatic N) is 2. The standard InChI is InChI=1S/C20H30N3O2/c1-2-19(24)15-18-5-3-17(4-6-18)7-8-22-9-12-23(13-10-22,14-11-22)16-20(21)25/h3-6H,2,7-16H2,1H3,(H-,21,25)/q+1/p+1. The highest BCUT2D eigenvalue weighted by molar-refractivity contribution is 5.80. The molecule has 4 rings (SSSR count). The predicted molar refractivity (Wildman–Crippen MR) is 97.8 cm³/mol. The van der Waals surface area contributed by atoms with E-state index in [0.717, 1.165) is 55.7 Å². The Bertz CT molecular complexity index is 614. The minimum absolute atomic E-state index is 0.163. The molecule has 0 saturated carbocycles. The molecule has 1 aromatic carbocycles. The van der Waals surface area contributed by atoms with E-state index in [1.54, 1.807) is 0 Å². The van der Waals surface area contributed by atoms with Gasteiger partial charge in [-0.25, -0.2) is 0 Å². The average molecular weight is 345 g/mol. The monoisotopic (exact) mass is 345 g/mol. The molecule has 3 saturated heterocycles. The number of quaternary nitrogens is 2. The summed E-state index contributed by atoms with van der Waals surface area (Å²) in [5.41, 5.74) is 7.91. The molecule has 3 aliphatic rings. The van der Waals surface area contributed by atoms with E-state index in [1.807, 2.05) is 6.92 Å². The van der Waals surface area contributed by atoms with E-state index in [1.165, 1.54) is 16.6 Å². The molecule has 1 amide bonds. The highest BCUT2D eigenvalue weighted by Gasteiger charge is 2.49. The molecule has 0 spiro atoms. The van der Waals surface area contributed by atoms with Gasteiger partial charge < -0.3 is 14.7 Å². The zero-order valence-corrected chi connectivity index (χ0v) is 15.4. The Morgan fingerprint density at radius 1 is 0.920 bits per heavy atom. The summed E-state index contributed by atoms with van der Waals surface area (Å²) in [6.45, 7) is 10.3. The van der Waals surface area contributed by atoms with Crippen molar-refractivity contribution in [2.75, 3.05) is 52.4 Å². The number of nitrogens with two attached hydrogens (primary N) is 1. The Morgan fingerprint density at radius 2 is 1.44 bits per heavy atom. The zero-order chi connectivity index (χ0) is 17.9. The predicted octanol–water partition coefficient (Wildman–Crippen LogP) is 0.897. The van der Waals surface area contributed by atoms with Crippen LogP contribution in [-0.4, -0.2) is 73.0 Å². The Kier molecular flexibility index (Phi) is 5.25. The number of Topliss-reactive ketones (excluding diaryl/α,β-unsaturated/α-hetero) is 1. The SMILES string of the molecule is CCC(=O)Cc1ccc(CC[N+]23CC[N+](CC(N)=O)(CC2)CC3)cc1. The van der Waals surface area contributed by atoms with Gasteiger partial charge in [-0.15, -0.1) is 0 Å². The summed E-state index contributed by atoms with van der Waals surface area (Å²) >= 11 is 0. The molecule has 0 aliphatic carbocycles. The van der Waals surface area contributed by atoms with E-state index in [-0.39, 0.29) is 5.91 Å². The number of ketones is 1. The maximum Gasteiger partial charge on any atom is 0.272 e. The number of hydrogen-bond acceptors (Lipinski definition) is 2. The van der Waals surface area contributed by atoms with Crippen molar-refractivity contribution in [2.24, 2.45) is 5.73 Å². The summed E-state index contributed by atoms with van der Waals surface area (Å²) in [7, 11) is 0. The minimum atomic E-state index is -0.163. The van der Waals surface area contributed by atoms with Crippen molar-refractivity contribution < 1.29 is 18.6 Å². The topological polar surface area (TPSA) is 60.2 Å². The fourth-order valence-electron chi connectivity index (χ4n) is 4.39. The van der Waals surface area contributed by atoms with Gasteiger partial charge in [0, 0.05) is 19.3 Å². The first-order valence-electron chi connectivity index (χ1n) is 9.52. The lowest BCUT2D eigenvalue weighted by molar-refractivity contribution is -1.08. The maximum absolute atomic E-state index is 11.5. The Hall–Kier alpha value is -1.72. The Balaban J connectivity index is 1.53. The molecule has 25 heavy (non-hydrogen) atoms. The summed E-state index contributed by atoms with van der Waals surface area (Å²) in [6.07, 6.45) is 2.24. The summed E-state index contributed by atoms with van der Waals surface area (Å²) in [4.78, 5) is 22.9. The van der Waals surface area contributed by atoms with Crippen LogP contribution in [0.5, 0.6) is 0 Å². The molecule has 3 aliphatic heterocycles. The molecule has 3 fully saturated rings. The highest BCUT2D eigenvalue weighted by atomic mass is 16.1. The number of piperazine rings is 3. The van der Waals surface area contributed by atoms with Gasteiger partial charge in [-0.3, -0.25) is 9.59 Å². The molecule has 1 aromatic rings. The molecular formula is C20H31N3O2+2. The summed E-state index contributed by atoms with van der Waals surface area (Å²) in [5, 5.41) is 0. The van der Waals surface area contributed by atoms with Crippen LogP contribution in [0.1, 0.15) is 24.5 Å². The van der Waals surface area contributed by atoms with Crippen molar-refractivity contribution >= 4 is 11.7 Å². The van der Waals surface area contributed by atoms with Crippen molar-refractivity contribution in [3.63, 3.8) is 0 Å². The van der Waals surface area contributed by atoms with Crippen LogP contribution in [0, 0.1) is 0 Å². The lowest BCUT2D eigenvalue weighted by Gasteiger charge is -2.55. The Labute approximate surface area is 150 Å². The van der Waals surface area contributed by atoms with Crippen LogP contribution in [0.2, 0.25) is 0 Å². The summed E-state index contributed by atoms with van der Waals surface area (Å²) < 4.78 is 2.10. The fourth-order valence-corrected chi connectivity index (χ4v) is 4.39. The molecule has 136 valence electrons. The average Bonchev–Trinajstić information content (AvgIpc) is 2.62. The lowest BCUT2D eigenvalue weighted by Crippen LogP contribution is -2.76. The van der Waals surface area contributed by atoms with Gasteiger partial charge >= 0.3 is 0 Å². The molecule has 5 nitrogen and oxygen atoms in total. The number of hydrogen-bond donors (Lipinski definition) is 1. The second-order valence-corrected chi connectivity index (χ2v) is 8.01. The minimum Gasteiger partial charge on any atom is -0.365 e. The third-order valence-corrected chi connectivity index (χ3v) is 6.33. The van der Waals surface area contributed by atoms with Gasteiger partial charge in [0.1, 0.15) is 45.1 Å². The van der Waals surface area contributed by atoms with E-state index >= 15 is 0 Å². The second-order valence-electron chi connectivity index (χ2n) is 8.01. The van der Waals surface area contributed by atoms with Crippen LogP contribution in [0.15, 0.2) is 24.3 Å². The van der Waals surface area contributed by atoms with Gasteiger partial charge in [0.05, 0.1) is 6.54 Å². The third-order valence-electron chi connectivity index (χ3n) is 6.33. The van der Waals surface area contributed by atoms with Crippen molar-refractivity contribution in [2.45, 2.75) is 26.2 Å². The highest BCUT2D eigenvalue weighted by Crippen LogP contribution is 2.26. The van der Waals surface area contributed by atoms with Gasteiger partial charge in [0.25, 0.3) is 5.91 Å². The first kappa shape index (κ1) is 18.1. The summed E-state index contributed by atoms with van der Waals surface area (Å²) in [6, 6.07) is 8.56. The van der Waals surface area contributed by atoms with E-state index in [4.69, 9.17) is 5.73 Å². The molecule has 0 radical (unpaired) electrons. The van der Waals surface area contributed by atoms with Crippen LogP contribution >= 0.6 is 0 Å². The van der Waals surface area contributed by atoms with Crippen LogP contribution in [0.25, 0.3) is 0 Å². The van der Waals surface area contributed by atoms with Gasteiger partial charge in [-0.2, -0.15) is 0 Å². The fraction of sp³-hybridized carbons (Fsp3) is 0.600. The molecule has 0 unspecified atom stereocenters. The smallest absolute Gasteiger partial charge is 0.272 e. The van der Waals surface area contributed by atoms with E-state index in [0.29, 0.717) is 25.2 Å². The van der Waals surface area contributed by atoms with Gasteiger partial charge in [-0.05, 0) is 11.1 Å². The zero-order valence-electron chi connectivity index (χ0n) is 15.4. The molecule has 0 aromatic heterocycles. The molecule has 0 atom stereocenters. The number of primary amides is 1. The van der Waals surface area contributed by atoms with Crippen molar-refractivity contribution in [3.8, 4) is 0 Å². The van der Waals surface area contributed by atoms with Crippen LogP contribution in [0.3, 0.4) is 0 Å². The molecule has 3 heterocycles. The number of amides is 1. The molecule has 2 bridgehead atoms. The third kappa shape index (κ3) is 4.28. The first-order chi connectivity index (χ1) is 11.9. The second kappa shape index (κ2) is 7.26. The number of rotatable bonds is 8. The number of fused-ring (bicyclic) bond motifs is 3. The largest absolute Gasteiger partial charge is 0.365 e. The van der Waals surface area contributed by atoms with Crippen LogP contribution in [0.4, 0.5) is 0 Å². The Morgan fingerprint density at radius 3 is 1.96 bits per heavy atom. The van der Waals surface area contributed by atoms with Crippen LogP contribution in [-0.2, 0) is 22.4 Å². The van der Waals surface area contributed by atoms with Crippen molar-refractivity contribution in [1.82, 2.24) is 0 Å². The van der Waals surface area contributed by atoms with Gasteiger partial charge in [-0.1, -0.05) is 31.2 Å². The normalized spacial score (nSPS) is 28.0. The maximum atomic E-state index is 11.5. The lowest BCUT2D eigenvalue weighted by atomic mass is 10.0. The van der Waals surface area contributed by atoms with Gasteiger partial charge in [0.2, 0.25) is 0 Å². The molecule has 5 heteroatoms. The van der Waals surface area contributed by atoms with E-state index in [2.05, 4.69) is 24.3 Å². The summed E-state index contributed by atoms with van der Waals surface area (Å²) in [5.74, 6) is 0.133. The first-order valence-corrected chi connectivity index (χ1v) is 9.52. The van der Waals surface area contributed by atoms with Gasteiger partial charge in [0.15, 0.2) is 6.54 Å². The number of carbonyl (C=O) groups excluding carboxylic acids is 2. The molecular weight excluding hydrogens is 314 g/mol. The quantitative estimate of drug-likeness (QED) is 0.712. The van der Waals surface area contributed by atoms with E-state index in [9.17, 15) is 9.59 Å². The van der Waals surface area contributed by atoms with E-state index < -0.39 is 0 Å². The van der Waals surface area contributed by atoms with Crippen molar-refractivity contribution in [3.05, 3.63) is 35.4 Å². The van der Waals surface area contributed by atoms with Crippen LogP contribution < -0.4 is 5.73 Å². The number of carbonyl (C=O) groups is 2. The van der Waals surface area contributed by atoms with Crippen molar-refractivity contribution in [1.29, 1.82) is 0 Å².